The highest BCUT2D eigenvalue weighted by atomic mass is 32.2. The van der Waals surface area contributed by atoms with Gasteiger partial charge >= 0.3 is 0 Å². The third-order valence-electron chi connectivity index (χ3n) is 1.43. The van der Waals surface area contributed by atoms with Crippen LogP contribution in [0.2, 0.25) is 0 Å². The average molecular weight is 148 g/mol. The molecule has 0 bridgehead atoms. The van der Waals surface area contributed by atoms with Gasteiger partial charge in [0, 0.05) is 0 Å². The fraction of sp³-hybridized carbons (Fsp3) is 0.667. The van der Waals surface area contributed by atoms with Crippen molar-refractivity contribution in [3.05, 3.63) is 12.7 Å². The van der Waals surface area contributed by atoms with Crippen molar-refractivity contribution in [3.8, 4) is 0 Å². The summed E-state index contributed by atoms with van der Waals surface area (Å²) in [6, 6.07) is 0. The Morgan fingerprint density at radius 3 is 2.22 bits per heavy atom. The molecule has 0 radical (unpaired) electrons. The first kappa shape index (κ1) is 8.85. The maximum atomic E-state index is 10.4. The van der Waals surface area contributed by atoms with Crippen molar-refractivity contribution in [2.45, 2.75) is 19.1 Å². The van der Waals surface area contributed by atoms with Gasteiger partial charge in [0.15, 0.2) is 11.1 Å². The van der Waals surface area contributed by atoms with Crippen LogP contribution in [0.3, 0.4) is 0 Å². The van der Waals surface area contributed by atoms with E-state index in [1.807, 2.05) is 6.92 Å². The molecule has 0 aromatic carbocycles. The summed E-state index contributed by atoms with van der Waals surface area (Å²) in [5.74, 6) is 0.107. The zero-order chi connectivity index (χ0) is 7.44. The van der Waals surface area contributed by atoms with Crippen LogP contribution >= 0.6 is 0 Å². The molecule has 3 heteroatoms. The second-order valence-corrected chi connectivity index (χ2v) is 3.37. The lowest BCUT2D eigenvalue weighted by Gasteiger charge is -2.10. The zero-order valence-corrected chi connectivity index (χ0v) is 6.52. The maximum absolute atomic E-state index is 10.4. The summed E-state index contributed by atoms with van der Waals surface area (Å²) < 4.78 is 18.9. The molecule has 0 amide bonds. The Labute approximate surface area is 58.3 Å². The Morgan fingerprint density at radius 2 is 2.11 bits per heavy atom. The van der Waals surface area contributed by atoms with Crippen molar-refractivity contribution < 1.29 is 8.76 Å². The van der Waals surface area contributed by atoms with E-state index in [4.69, 9.17) is 4.55 Å². The third kappa shape index (κ3) is 2.77. The quantitative estimate of drug-likeness (QED) is 0.485. The maximum Gasteiger partial charge on any atom is 0.156 e. The van der Waals surface area contributed by atoms with Gasteiger partial charge in [-0.2, -0.15) is 0 Å². The molecule has 0 aliphatic heterocycles. The van der Waals surface area contributed by atoms with Gasteiger partial charge in [-0.15, -0.1) is 6.58 Å². The van der Waals surface area contributed by atoms with Crippen molar-refractivity contribution in [1.29, 1.82) is 0 Å². The summed E-state index contributed by atoms with van der Waals surface area (Å²) in [5.41, 5.74) is 0. The van der Waals surface area contributed by atoms with Gasteiger partial charge in [-0.25, -0.2) is 4.21 Å². The number of allylic oxidation sites excluding steroid dienone is 1. The van der Waals surface area contributed by atoms with E-state index < -0.39 is 11.1 Å². The second-order valence-electron chi connectivity index (χ2n) is 2.08. The number of hydrogen-bond acceptors (Lipinski definition) is 1. The molecular weight excluding hydrogens is 136 g/mol. The first-order valence-electron chi connectivity index (χ1n) is 2.81. The molecule has 0 aliphatic rings. The minimum absolute atomic E-state index is 0.107. The van der Waals surface area contributed by atoms with Gasteiger partial charge in [0.2, 0.25) is 0 Å². The lowest BCUT2D eigenvalue weighted by atomic mass is 10.1. The lowest BCUT2D eigenvalue weighted by molar-refractivity contribution is 0.533. The highest BCUT2D eigenvalue weighted by molar-refractivity contribution is 7.79. The van der Waals surface area contributed by atoms with E-state index in [-0.39, 0.29) is 11.2 Å². The molecule has 3 atom stereocenters. The highest BCUT2D eigenvalue weighted by Gasteiger charge is 2.13. The van der Waals surface area contributed by atoms with Crippen molar-refractivity contribution in [3.63, 3.8) is 0 Å². The van der Waals surface area contributed by atoms with Gasteiger partial charge in [0.25, 0.3) is 0 Å². The Kier molecular flexibility index (Phi) is 3.73. The summed E-state index contributed by atoms with van der Waals surface area (Å²) in [4.78, 5) is 0. The van der Waals surface area contributed by atoms with Gasteiger partial charge in [-0.1, -0.05) is 13.0 Å². The predicted octanol–water partition coefficient (Wildman–Crippen LogP) is 1.42. The van der Waals surface area contributed by atoms with Crippen LogP contribution in [0.4, 0.5) is 0 Å². The smallest absolute Gasteiger partial charge is 0.156 e. The van der Waals surface area contributed by atoms with E-state index in [9.17, 15) is 4.21 Å². The fourth-order valence-electron chi connectivity index (χ4n) is 0.375. The van der Waals surface area contributed by atoms with Crippen molar-refractivity contribution in [2.75, 3.05) is 0 Å². The molecule has 54 valence electrons. The molecule has 0 spiro atoms. The van der Waals surface area contributed by atoms with Crippen LogP contribution in [-0.2, 0) is 11.1 Å². The molecule has 0 rings (SSSR count). The molecule has 0 saturated carbocycles. The van der Waals surface area contributed by atoms with Crippen molar-refractivity contribution in [1.82, 2.24) is 0 Å². The van der Waals surface area contributed by atoms with Gasteiger partial charge in [-0.05, 0) is 12.8 Å². The van der Waals surface area contributed by atoms with E-state index in [2.05, 4.69) is 6.58 Å². The summed E-state index contributed by atoms with van der Waals surface area (Å²) >= 11 is -1.71. The van der Waals surface area contributed by atoms with E-state index in [1.165, 1.54) is 0 Å². The monoisotopic (exact) mass is 148 g/mol. The van der Waals surface area contributed by atoms with Gasteiger partial charge < -0.3 is 4.55 Å². The predicted molar refractivity (Wildman–Crippen MR) is 39.6 cm³/mol. The minimum atomic E-state index is -1.71. The van der Waals surface area contributed by atoms with Crippen LogP contribution in [0.5, 0.6) is 0 Å². The van der Waals surface area contributed by atoms with E-state index in [0.29, 0.717) is 0 Å². The summed E-state index contributed by atoms with van der Waals surface area (Å²) in [6.07, 6.45) is 1.68. The average Bonchev–Trinajstić information content (AvgIpc) is 1.84. The van der Waals surface area contributed by atoms with Crippen LogP contribution in [0, 0.1) is 5.92 Å². The van der Waals surface area contributed by atoms with Crippen LogP contribution in [0.25, 0.3) is 0 Å². The Balaban J connectivity index is 3.86. The van der Waals surface area contributed by atoms with Gasteiger partial charge in [0.1, 0.15) is 0 Å². The second kappa shape index (κ2) is 3.80. The number of rotatable bonds is 3. The summed E-state index contributed by atoms with van der Waals surface area (Å²) in [7, 11) is 0. The third-order valence-corrected chi connectivity index (χ3v) is 2.50. The van der Waals surface area contributed by atoms with Crippen LogP contribution in [0.1, 0.15) is 13.8 Å². The van der Waals surface area contributed by atoms with Gasteiger partial charge in [0.05, 0.1) is 5.25 Å². The molecule has 0 aromatic heterocycles. The molecule has 0 aromatic rings. The van der Waals surface area contributed by atoms with Crippen LogP contribution in [0.15, 0.2) is 12.7 Å². The Morgan fingerprint density at radius 1 is 1.67 bits per heavy atom. The normalized spacial score (nSPS) is 20.3. The Bertz CT molecular complexity index is 122. The topological polar surface area (TPSA) is 37.3 Å². The molecule has 2 nitrogen and oxygen atoms in total. The molecule has 9 heavy (non-hydrogen) atoms. The molecule has 3 unspecified atom stereocenters. The molecule has 1 N–H and O–H groups in total. The fourth-order valence-corrected chi connectivity index (χ4v) is 0.854. The highest BCUT2D eigenvalue weighted by Crippen LogP contribution is 2.07. The first-order chi connectivity index (χ1) is 4.09. The minimum Gasteiger partial charge on any atom is -0.306 e. The first-order valence-corrected chi connectivity index (χ1v) is 3.98. The standard InChI is InChI=1S/C6H12O2S/c1-4-5(2)6(3)9(7)8/h4-6H,1H2,2-3H3,(H,7,8). The Hall–Kier alpha value is -0.150. The van der Waals surface area contributed by atoms with E-state index in [0.717, 1.165) is 0 Å². The molecule has 0 heterocycles. The van der Waals surface area contributed by atoms with Crippen LogP contribution < -0.4 is 0 Å². The summed E-state index contributed by atoms with van der Waals surface area (Å²) in [6.45, 7) is 7.11. The van der Waals surface area contributed by atoms with E-state index >= 15 is 0 Å². The lowest BCUT2D eigenvalue weighted by Crippen LogP contribution is -2.17. The molecular formula is C6H12O2S. The molecule has 0 saturated heterocycles. The van der Waals surface area contributed by atoms with Crippen molar-refractivity contribution in [2.24, 2.45) is 5.92 Å². The molecule has 0 aliphatic carbocycles. The van der Waals surface area contributed by atoms with Gasteiger partial charge in [-0.3, -0.25) is 0 Å². The molecule has 0 fully saturated rings. The zero-order valence-electron chi connectivity index (χ0n) is 5.70. The van der Waals surface area contributed by atoms with Crippen LogP contribution in [-0.4, -0.2) is 14.0 Å². The van der Waals surface area contributed by atoms with Crippen molar-refractivity contribution >= 4 is 11.1 Å². The SMILES string of the molecule is C=CC(C)C(C)S(=O)O. The number of hydrogen-bond donors (Lipinski definition) is 1. The van der Waals surface area contributed by atoms with E-state index in [1.54, 1.807) is 13.0 Å². The summed E-state index contributed by atoms with van der Waals surface area (Å²) in [5, 5.41) is -0.206. The largest absolute Gasteiger partial charge is 0.306 e.